The number of fused-ring (bicyclic) bond motifs is 1. The lowest BCUT2D eigenvalue weighted by molar-refractivity contribution is -0.160. The van der Waals surface area contributed by atoms with Gasteiger partial charge < -0.3 is 25.7 Å². The van der Waals surface area contributed by atoms with Gasteiger partial charge in [-0.15, -0.1) is 21.5 Å². The maximum Gasteiger partial charge on any atom is 0.356 e. The number of hydrogen-bond acceptors (Lipinski definition) is 13. The number of carboxylic acids is 1. The van der Waals surface area contributed by atoms with Crippen molar-refractivity contribution >= 4 is 63.1 Å². The number of carbonyl (C=O) groups excluding carboxylic acids is 2. The van der Waals surface area contributed by atoms with Gasteiger partial charge in [-0.2, -0.15) is 0 Å². The molecule has 2 aliphatic heterocycles. The van der Waals surface area contributed by atoms with Crippen LogP contribution >= 0.6 is 34.4 Å². The van der Waals surface area contributed by atoms with Crippen LogP contribution in [0.15, 0.2) is 62.2 Å². The largest absolute Gasteiger partial charge is 0.492 e. The number of amides is 2. The van der Waals surface area contributed by atoms with Crippen molar-refractivity contribution in [3.05, 3.63) is 63.9 Å². The fraction of sp³-hybridized carbons (Fsp3) is 0.227. The van der Waals surface area contributed by atoms with E-state index in [1.54, 1.807) is 10.9 Å². The van der Waals surface area contributed by atoms with Crippen LogP contribution in [-0.4, -0.2) is 73.1 Å². The van der Waals surface area contributed by atoms with Gasteiger partial charge in [-0.1, -0.05) is 58.6 Å². The zero-order valence-electron chi connectivity index (χ0n) is 19.3. The molecule has 0 saturated carbocycles. The number of nitrogen functional groups attached to an aromatic ring is 1. The molecule has 2 aromatic heterocycles. The zero-order chi connectivity index (χ0) is 26.6. The van der Waals surface area contributed by atoms with Crippen LogP contribution in [0.4, 0.5) is 5.13 Å². The highest BCUT2D eigenvalue weighted by molar-refractivity contribution is 8.01. The Bertz CT molecular complexity index is 1410. The van der Waals surface area contributed by atoms with Gasteiger partial charge >= 0.3 is 5.97 Å². The second-order valence-corrected chi connectivity index (χ2v) is 10.8. The number of carbonyl (C=O) groups is 3. The van der Waals surface area contributed by atoms with Crippen LogP contribution in [0.2, 0.25) is 0 Å². The molecule has 2 atom stereocenters. The molecule has 13 nitrogen and oxygen atoms in total. The van der Waals surface area contributed by atoms with Gasteiger partial charge in [0.15, 0.2) is 20.9 Å². The first-order chi connectivity index (χ1) is 18.4. The Balaban J connectivity index is 1.30. The van der Waals surface area contributed by atoms with Crippen molar-refractivity contribution in [3.8, 4) is 0 Å². The molecule has 16 heteroatoms. The number of β-lactam (4-membered cyclic amide) rings is 1. The summed E-state index contributed by atoms with van der Waals surface area (Å²) >= 11 is 3.67. The molecular formula is C22H19N7O6S3. The first kappa shape index (κ1) is 25.6. The van der Waals surface area contributed by atoms with E-state index in [0.717, 1.165) is 21.8 Å². The quantitative estimate of drug-likeness (QED) is 0.138. The lowest BCUT2D eigenvalue weighted by Gasteiger charge is -2.49. The Morgan fingerprint density at radius 1 is 1.32 bits per heavy atom. The molecule has 2 amide bonds. The minimum atomic E-state index is -1.31. The van der Waals surface area contributed by atoms with Gasteiger partial charge in [0.2, 0.25) is 0 Å². The normalized spacial score (nSPS) is 18.9. The van der Waals surface area contributed by atoms with Crippen LogP contribution in [0.3, 0.4) is 0 Å². The number of ether oxygens (including phenoxy) is 1. The fourth-order valence-corrected chi connectivity index (χ4v) is 5.76. The van der Waals surface area contributed by atoms with Gasteiger partial charge in [0.25, 0.3) is 11.8 Å². The van der Waals surface area contributed by atoms with Crippen LogP contribution in [0.1, 0.15) is 11.3 Å². The maximum absolute atomic E-state index is 13.2. The monoisotopic (exact) mass is 573 g/mol. The number of benzene rings is 1. The number of nitrogens with one attached hydrogen (secondary N) is 1. The topological polar surface area (TPSA) is 182 Å². The highest BCUT2D eigenvalue weighted by Crippen LogP contribution is 2.35. The van der Waals surface area contributed by atoms with E-state index in [4.69, 9.17) is 15.3 Å². The second-order valence-electron chi connectivity index (χ2n) is 7.88. The molecule has 0 radical (unpaired) electrons. The van der Waals surface area contributed by atoms with Crippen LogP contribution in [0.5, 0.6) is 0 Å². The van der Waals surface area contributed by atoms with Gasteiger partial charge in [0.05, 0.1) is 5.75 Å². The molecule has 1 fully saturated rings. The number of thiazole rings is 1. The number of nitrogens with zero attached hydrogens (tertiary/aromatic N) is 5. The summed E-state index contributed by atoms with van der Waals surface area (Å²) in [6.07, 6.45) is 0. The number of thioether (sulfide) groups is 1. The van der Waals surface area contributed by atoms with E-state index in [1.807, 2.05) is 30.3 Å². The summed E-state index contributed by atoms with van der Waals surface area (Å²) in [4.78, 5) is 48.8. The number of nitrogens with two attached hydrogens (primary N) is 1. The van der Waals surface area contributed by atoms with Gasteiger partial charge in [0, 0.05) is 5.38 Å². The van der Waals surface area contributed by atoms with E-state index in [2.05, 4.69) is 25.7 Å². The molecule has 2 unspecified atom stereocenters. The van der Waals surface area contributed by atoms with Crippen molar-refractivity contribution in [2.75, 3.05) is 18.1 Å². The Morgan fingerprint density at radius 2 is 2.13 bits per heavy atom. The molecule has 1 saturated heterocycles. The smallest absolute Gasteiger partial charge is 0.356 e. The molecule has 0 spiro atoms. The summed E-state index contributed by atoms with van der Waals surface area (Å²) in [6.45, 7) is 0.106. The van der Waals surface area contributed by atoms with Gasteiger partial charge in [0.1, 0.15) is 42.3 Å². The number of rotatable bonds is 10. The first-order valence-corrected chi connectivity index (χ1v) is 13.7. The summed E-state index contributed by atoms with van der Waals surface area (Å²) in [5.41, 5.74) is 7.88. The van der Waals surface area contributed by atoms with E-state index in [9.17, 15) is 19.5 Å². The third-order valence-corrected chi connectivity index (χ3v) is 8.05. The van der Waals surface area contributed by atoms with Crippen molar-refractivity contribution in [3.63, 3.8) is 0 Å². The molecule has 0 aliphatic carbocycles. The summed E-state index contributed by atoms with van der Waals surface area (Å²) in [5, 5.41) is 25.8. The zero-order valence-corrected chi connectivity index (χ0v) is 21.8. The van der Waals surface area contributed by atoms with Crippen LogP contribution in [0.25, 0.3) is 0 Å². The molecule has 5 rings (SSSR count). The SMILES string of the molecule is Nc1nc(/C(=N/OCc2ccccc2)C(=O)NC2C(=O)N3C(C(=O)O)=C(CSc4nncs4)OCC23)cs1. The van der Waals surface area contributed by atoms with Crippen LogP contribution in [-0.2, 0) is 30.6 Å². The molecule has 4 N–H and O–H groups in total. The van der Waals surface area contributed by atoms with E-state index in [-0.39, 0.29) is 47.0 Å². The first-order valence-electron chi connectivity index (χ1n) is 11.0. The lowest BCUT2D eigenvalue weighted by atomic mass is 9.92. The highest BCUT2D eigenvalue weighted by Gasteiger charge is 2.55. The summed E-state index contributed by atoms with van der Waals surface area (Å²) in [6, 6.07) is 7.51. The molecule has 4 heterocycles. The lowest BCUT2D eigenvalue weighted by Crippen LogP contribution is -2.73. The minimum absolute atomic E-state index is 0.000111. The predicted molar refractivity (Wildman–Crippen MR) is 138 cm³/mol. The van der Waals surface area contributed by atoms with E-state index in [1.165, 1.54) is 23.1 Å². The summed E-state index contributed by atoms with van der Waals surface area (Å²) < 4.78 is 6.35. The van der Waals surface area contributed by atoms with Crippen molar-refractivity contribution in [1.29, 1.82) is 0 Å². The molecular weight excluding hydrogens is 554 g/mol. The van der Waals surface area contributed by atoms with E-state index < -0.39 is 29.9 Å². The number of aromatic nitrogens is 3. The molecule has 0 bridgehead atoms. The summed E-state index contributed by atoms with van der Waals surface area (Å²) in [5.74, 6) is -2.31. The van der Waals surface area contributed by atoms with Crippen molar-refractivity contribution in [1.82, 2.24) is 25.4 Å². The maximum atomic E-state index is 13.2. The van der Waals surface area contributed by atoms with E-state index >= 15 is 0 Å². The van der Waals surface area contributed by atoms with Crippen LogP contribution < -0.4 is 11.1 Å². The van der Waals surface area contributed by atoms with Crippen molar-refractivity contribution < 1.29 is 29.1 Å². The Morgan fingerprint density at radius 3 is 2.82 bits per heavy atom. The molecule has 1 aromatic carbocycles. The van der Waals surface area contributed by atoms with Gasteiger partial charge in [-0.3, -0.25) is 14.5 Å². The third-order valence-electron chi connectivity index (χ3n) is 5.52. The van der Waals surface area contributed by atoms with Gasteiger partial charge in [-0.05, 0) is 5.56 Å². The molecule has 196 valence electrons. The Labute approximate surface area is 227 Å². The summed E-state index contributed by atoms with van der Waals surface area (Å²) in [7, 11) is 0. The number of oxime groups is 1. The average molecular weight is 574 g/mol. The molecule has 38 heavy (non-hydrogen) atoms. The predicted octanol–water partition coefficient (Wildman–Crippen LogP) is 1.31. The molecule has 3 aromatic rings. The second kappa shape index (κ2) is 11.2. The van der Waals surface area contributed by atoms with Crippen molar-refractivity contribution in [2.45, 2.75) is 23.0 Å². The van der Waals surface area contributed by atoms with Gasteiger partial charge in [-0.25, -0.2) is 9.78 Å². The standard InChI is InChI=1S/C22H19N7O6S3/c23-21-25-12(8-36-21)15(28-35-6-11-4-2-1-3-5-11)18(30)26-16-13-7-34-14(9-37-22-27-24-10-38-22)17(20(32)33)29(13)19(16)31/h1-5,8,10,13,16H,6-7,9H2,(H2,23,25)(H,26,30)(H,32,33)/b28-15-. The molecule has 2 aliphatic rings. The Hall–Kier alpha value is -4.02. The average Bonchev–Trinajstić information content (AvgIpc) is 3.60. The number of carboxylic acid groups (broad SMARTS) is 1. The van der Waals surface area contributed by atoms with Crippen LogP contribution in [0, 0.1) is 0 Å². The number of anilines is 1. The minimum Gasteiger partial charge on any atom is -0.492 e. The number of aliphatic carboxylic acids is 1. The fourth-order valence-electron chi connectivity index (χ4n) is 3.78. The van der Waals surface area contributed by atoms with Crippen molar-refractivity contribution in [2.24, 2.45) is 5.16 Å². The third kappa shape index (κ3) is 5.32. The van der Waals surface area contributed by atoms with E-state index in [0.29, 0.717) is 4.34 Å². The highest BCUT2D eigenvalue weighted by atomic mass is 32.2. The number of hydrogen-bond donors (Lipinski definition) is 3. The Kier molecular flexibility index (Phi) is 7.52.